The smallest absolute Gasteiger partial charge is 0.335 e. The average Bonchev–Trinajstić information content (AvgIpc) is 1.88. The second-order valence-corrected chi connectivity index (χ2v) is 4.08. The van der Waals surface area contributed by atoms with Crippen LogP contribution in [0.4, 0.5) is 0 Å². The molecule has 1 rings (SSSR count). The largest absolute Gasteiger partial charge is 0.478 e. The standard InChI is InChI=1S/C6H5IO3/c8-5-3-4(6(9)10)1-2-7-5/h1-3,8H,(H,9,10). The second-order valence-electron chi connectivity index (χ2n) is 1.63. The zero-order chi connectivity index (χ0) is 7.56. The number of carboxylic acids is 1. The topological polar surface area (TPSA) is 57.5 Å². The van der Waals surface area contributed by atoms with Crippen LogP contribution in [0.2, 0.25) is 0 Å². The molecule has 0 radical (unpaired) electrons. The van der Waals surface area contributed by atoms with Gasteiger partial charge in [-0.25, -0.2) is 4.79 Å². The molecule has 1 aliphatic rings. The van der Waals surface area contributed by atoms with Crippen molar-refractivity contribution in [3.63, 3.8) is 0 Å². The number of hydrogen-bond donors (Lipinski definition) is 2. The summed E-state index contributed by atoms with van der Waals surface area (Å²) in [6.07, 6.45) is 2.82. The Hall–Kier alpha value is -0.490. The van der Waals surface area contributed by atoms with Gasteiger partial charge in [0.1, 0.15) is 3.69 Å². The number of rotatable bonds is 1. The molecule has 0 aromatic heterocycles. The third-order valence-electron chi connectivity index (χ3n) is 0.939. The number of aliphatic hydroxyl groups is 1. The minimum absolute atomic E-state index is 0.156. The first kappa shape index (κ1) is 7.62. The lowest BCUT2D eigenvalue weighted by atomic mass is 10.2. The van der Waals surface area contributed by atoms with E-state index in [1.165, 1.54) is 12.2 Å². The highest BCUT2D eigenvalue weighted by molar-refractivity contribution is 14.2. The molecule has 0 unspecified atom stereocenters. The van der Waals surface area contributed by atoms with Crippen LogP contribution in [-0.4, -0.2) is 19.9 Å². The highest BCUT2D eigenvalue weighted by atomic mass is 127. The maximum Gasteiger partial charge on any atom is 0.335 e. The normalized spacial score (nSPS) is 16.9. The molecule has 1 aliphatic heterocycles. The van der Waals surface area contributed by atoms with Gasteiger partial charge >= 0.3 is 5.97 Å². The summed E-state index contributed by atoms with van der Waals surface area (Å²) in [5, 5.41) is 17.3. The Kier molecular flexibility index (Phi) is 2.34. The summed E-state index contributed by atoms with van der Waals surface area (Å²) in [5.74, 6) is -0.994. The van der Waals surface area contributed by atoms with Crippen molar-refractivity contribution < 1.29 is 15.0 Å². The molecule has 0 fully saturated rings. The van der Waals surface area contributed by atoms with Gasteiger partial charge in [-0.05, 0) is 16.2 Å². The van der Waals surface area contributed by atoms with Gasteiger partial charge in [0.05, 0.1) is 5.57 Å². The maximum atomic E-state index is 10.3. The van der Waals surface area contributed by atoms with Crippen molar-refractivity contribution >= 4 is 30.4 Å². The van der Waals surface area contributed by atoms with Crippen LogP contribution in [0.3, 0.4) is 0 Å². The zero-order valence-electron chi connectivity index (χ0n) is 4.91. The average molecular weight is 252 g/mol. The predicted molar refractivity (Wildman–Crippen MR) is 45.8 cm³/mol. The highest BCUT2D eigenvalue weighted by Crippen LogP contribution is 2.13. The zero-order valence-corrected chi connectivity index (χ0v) is 7.07. The molecule has 3 nitrogen and oxygen atoms in total. The molecule has 10 heavy (non-hydrogen) atoms. The van der Waals surface area contributed by atoms with Crippen LogP contribution < -0.4 is 0 Å². The first-order valence-electron chi connectivity index (χ1n) is 2.51. The Morgan fingerprint density at radius 2 is 2.30 bits per heavy atom. The molecule has 0 aromatic rings. The lowest BCUT2D eigenvalue weighted by molar-refractivity contribution is -0.132. The van der Waals surface area contributed by atoms with E-state index in [-0.39, 0.29) is 9.27 Å². The number of aliphatic carboxylic acids is 1. The maximum absolute atomic E-state index is 10.3. The molecular formula is C6H5IO3. The monoisotopic (exact) mass is 252 g/mol. The van der Waals surface area contributed by atoms with Crippen LogP contribution in [0.1, 0.15) is 0 Å². The fourth-order valence-electron chi connectivity index (χ4n) is 0.505. The molecule has 0 amide bonds. The summed E-state index contributed by atoms with van der Waals surface area (Å²) in [6, 6.07) is 0. The minimum atomic E-state index is -0.994. The Bertz CT molecular complexity index is 250. The van der Waals surface area contributed by atoms with E-state index in [0.717, 1.165) is 0 Å². The Labute approximate surface area is 67.4 Å². The highest BCUT2D eigenvalue weighted by Gasteiger charge is 2.05. The van der Waals surface area contributed by atoms with E-state index in [4.69, 9.17) is 10.2 Å². The number of halogens is 1. The summed E-state index contributed by atoms with van der Waals surface area (Å²) in [5.41, 5.74) is 0.156. The van der Waals surface area contributed by atoms with Crippen LogP contribution in [0.25, 0.3) is 0 Å². The van der Waals surface area contributed by atoms with Gasteiger partial charge in [-0.3, -0.25) is 0 Å². The molecule has 2 N–H and O–H groups in total. The van der Waals surface area contributed by atoms with Gasteiger partial charge in [0.15, 0.2) is 0 Å². The van der Waals surface area contributed by atoms with E-state index >= 15 is 0 Å². The number of carboxylic acid groups (broad SMARTS) is 1. The molecule has 0 aliphatic carbocycles. The van der Waals surface area contributed by atoms with Crippen molar-refractivity contribution in [1.82, 2.24) is 0 Å². The van der Waals surface area contributed by atoms with E-state index < -0.39 is 26.7 Å². The molecule has 4 heteroatoms. The van der Waals surface area contributed by atoms with Crippen molar-refractivity contribution in [1.29, 1.82) is 0 Å². The summed E-state index contributed by atoms with van der Waals surface area (Å²) >= 11 is -0.449. The molecule has 0 aromatic carbocycles. The van der Waals surface area contributed by atoms with Crippen LogP contribution in [0, 0.1) is 0 Å². The first-order chi connectivity index (χ1) is 4.70. The fourth-order valence-corrected chi connectivity index (χ4v) is 1.96. The van der Waals surface area contributed by atoms with Gasteiger partial charge in [-0.15, -0.1) is 0 Å². The van der Waals surface area contributed by atoms with Crippen LogP contribution in [0.15, 0.2) is 21.8 Å². The fraction of sp³-hybridized carbons (Fsp3) is 0. The van der Waals surface area contributed by atoms with E-state index in [0.29, 0.717) is 0 Å². The van der Waals surface area contributed by atoms with Gasteiger partial charge in [-0.1, -0.05) is 20.7 Å². The van der Waals surface area contributed by atoms with Crippen molar-refractivity contribution in [3.05, 3.63) is 21.8 Å². The molecule has 0 spiro atoms. The summed E-state index contributed by atoms with van der Waals surface area (Å²) < 4.78 is 1.93. The molecule has 0 bridgehead atoms. The number of hydrogen-bond acceptors (Lipinski definition) is 2. The van der Waals surface area contributed by atoms with Crippen LogP contribution in [-0.2, 0) is 4.79 Å². The van der Waals surface area contributed by atoms with Gasteiger partial charge in [-0.2, -0.15) is 0 Å². The molecule has 0 saturated carbocycles. The Balaban J connectivity index is 2.93. The number of carbonyl (C=O) groups is 1. The molecule has 1 heterocycles. The van der Waals surface area contributed by atoms with Gasteiger partial charge < -0.3 is 10.2 Å². The Morgan fingerprint density at radius 3 is 2.70 bits per heavy atom. The molecule has 0 atom stereocenters. The summed E-state index contributed by atoms with van der Waals surface area (Å²) in [7, 11) is 0. The quantitative estimate of drug-likeness (QED) is 0.684. The summed E-state index contributed by atoms with van der Waals surface area (Å²) in [4.78, 5) is 10.3. The van der Waals surface area contributed by atoms with Crippen molar-refractivity contribution in [2.75, 3.05) is 0 Å². The van der Waals surface area contributed by atoms with Crippen LogP contribution in [0.5, 0.6) is 0 Å². The van der Waals surface area contributed by atoms with Crippen molar-refractivity contribution in [2.24, 2.45) is 0 Å². The predicted octanol–water partition coefficient (Wildman–Crippen LogP) is 0.998. The number of aliphatic hydroxyl groups excluding tert-OH is 1. The lowest BCUT2D eigenvalue weighted by Gasteiger charge is -1.97. The third-order valence-corrected chi connectivity index (χ3v) is 2.61. The molecular weight excluding hydrogens is 247 g/mol. The van der Waals surface area contributed by atoms with E-state index in [1.54, 1.807) is 4.08 Å². The SMILES string of the molecule is O=C(O)C1=CC(O)=IC=C1. The second kappa shape index (κ2) is 3.07. The van der Waals surface area contributed by atoms with Crippen molar-refractivity contribution in [3.8, 4) is 0 Å². The Morgan fingerprint density at radius 1 is 1.60 bits per heavy atom. The van der Waals surface area contributed by atoms with Gasteiger partial charge in [0.25, 0.3) is 0 Å². The van der Waals surface area contributed by atoms with E-state index in [9.17, 15) is 4.79 Å². The van der Waals surface area contributed by atoms with E-state index in [1.807, 2.05) is 0 Å². The lowest BCUT2D eigenvalue weighted by Crippen LogP contribution is -2.01. The molecule has 0 saturated heterocycles. The van der Waals surface area contributed by atoms with Crippen LogP contribution >= 0.6 is 20.7 Å². The minimum Gasteiger partial charge on any atom is -0.478 e. The molecule has 54 valence electrons. The summed E-state index contributed by atoms with van der Waals surface area (Å²) in [6.45, 7) is 0. The van der Waals surface area contributed by atoms with E-state index in [2.05, 4.69) is 0 Å². The third kappa shape index (κ3) is 1.74. The van der Waals surface area contributed by atoms with Gasteiger partial charge in [0.2, 0.25) is 0 Å². The first-order valence-corrected chi connectivity index (χ1v) is 4.83. The van der Waals surface area contributed by atoms with Gasteiger partial charge in [0, 0.05) is 0 Å². The van der Waals surface area contributed by atoms with Crippen molar-refractivity contribution in [2.45, 2.75) is 0 Å².